The van der Waals surface area contributed by atoms with Gasteiger partial charge in [-0.05, 0) is 43.2 Å². The Kier molecular flexibility index (Phi) is 5.40. The molecule has 1 unspecified atom stereocenters. The summed E-state index contributed by atoms with van der Waals surface area (Å²) in [5, 5.41) is 13.9. The number of Topliss-reactive ketones (excluding diaryl/α,β-unsaturated/α-hetero) is 1. The van der Waals surface area contributed by atoms with Crippen LogP contribution in [0.1, 0.15) is 28.3 Å². The SMILES string of the molecule is Cc1ccc(C)c(C(O)=C2C(=O)C(=O)N(c3nccs3)C2c2ccc(Cl)c(Cl)c2)c1. The standard InChI is InChI=1S/C22H16Cl2N2O3S/c1-11-3-4-12(2)14(9-11)19(27)17-18(13-5-6-15(23)16(24)10-13)26(21(29)20(17)28)22-25-7-8-30-22/h3-10,18,27H,1-2H3. The van der Waals surface area contributed by atoms with Gasteiger partial charge in [0, 0.05) is 17.1 Å². The Labute approximate surface area is 187 Å². The Morgan fingerprint density at radius 2 is 1.87 bits per heavy atom. The molecule has 1 aromatic heterocycles. The maximum absolute atomic E-state index is 13.1. The minimum atomic E-state index is -0.883. The molecular weight excluding hydrogens is 443 g/mol. The van der Waals surface area contributed by atoms with Crippen LogP contribution in [0.5, 0.6) is 0 Å². The van der Waals surface area contributed by atoms with Gasteiger partial charge in [-0.15, -0.1) is 11.3 Å². The molecule has 2 heterocycles. The average molecular weight is 459 g/mol. The van der Waals surface area contributed by atoms with Gasteiger partial charge in [-0.2, -0.15) is 0 Å². The summed E-state index contributed by atoms with van der Waals surface area (Å²) in [5.74, 6) is -1.77. The molecule has 1 fully saturated rings. The van der Waals surface area contributed by atoms with Crippen molar-refractivity contribution < 1.29 is 14.7 Å². The zero-order valence-electron chi connectivity index (χ0n) is 16.0. The van der Waals surface area contributed by atoms with Crippen molar-refractivity contribution >= 4 is 57.1 Å². The zero-order chi connectivity index (χ0) is 21.6. The molecule has 1 aliphatic heterocycles. The number of benzene rings is 2. The fourth-order valence-electron chi connectivity index (χ4n) is 3.50. The summed E-state index contributed by atoms with van der Waals surface area (Å²) in [6.45, 7) is 3.72. The molecule has 3 aromatic rings. The lowest BCUT2D eigenvalue weighted by atomic mass is 9.93. The number of halogens is 2. The van der Waals surface area contributed by atoms with E-state index in [-0.39, 0.29) is 16.4 Å². The Balaban J connectivity index is 1.99. The number of anilines is 1. The summed E-state index contributed by atoms with van der Waals surface area (Å²) in [6.07, 6.45) is 1.55. The minimum absolute atomic E-state index is 0.0118. The van der Waals surface area contributed by atoms with Crippen molar-refractivity contribution in [3.05, 3.63) is 85.8 Å². The number of hydrogen-bond donors (Lipinski definition) is 1. The summed E-state index contributed by atoms with van der Waals surface area (Å²) in [6, 6.07) is 9.54. The van der Waals surface area contributed by atoms with Crippen LogP contribution in [-0.2, 0) is 9.59 Å². The van der Waals surface area contributed by atoms with Gasteiger partial charge < -0.3 is 5.11 Å². The van der Waals surface area contributed by atoms with Crippen LogP contribution in [0.15, 0.2) is 53.5 Å². The van der Waals surface area contributed by atoms with Crippen LogP contribution in [0.4, 0.5) is 5.13 Å². The van der Waals surface area contributed by atoms with Crippen LogP contribution in [-0.4, -0.2) is 21.8 Å². The first kappa shape index (κ1) is 20.6. The van der Waals surface area contributed by atoms with E-state index in [2.05, 4.69) is 4.98 Å². The maximum atomic E-state index is 13.1. The fraction of sp³-hybridized carbons (Fsp3) is 0.136. The van der Waals surface area contributed by atoms with E-state index in [9.17, 15) is 14.7 Å². The quantitative estimate of drug-likeness (QED) is 0.310. The second-order valence-corrected chi connectivity index (χ2v) is 8.66. The van der Waals surface area contributed by atoms with E-state index in [1.807, 2.05) is 26.0 Å². The number of thiazole rings is 1. The lowest BCUT2D eigenvalue weighted by molar-refractivity contribution is -0.132. The van der Waals surface area contributed by atoms with Crippen LogP contribution in [0.2, 0.25) is 10.0 Å². The van der Waals surface area contributed by atoms with Gasteiger partial charge in [-0.1, -0.05) is 47.0 Å². The highest BCUT2D eigenvalue weighted by Crippen LogP contribution is 2.44. The molecule has 4 rings (SSSR count). The van der Waals surface area contributed by atoms with Crippen LogP contribution < -0.4 is 4.90 Å². The molecule has 1 N–H and O–H groups in total. The number of ketones is 1. The van der Waals surface area contributed by atoms with Gasteiger partial charge in [0.05, 0.1) is 21.7 Å². The van der Waals surface area contributed by atoms with Gasteiger partial charge in [-0.3, -0.25) is 14.5 Å². The van der Waals surface area contributed by atoms with Gasteiger partial charge in [0.25, 0.3) is 5.78 Å². The van der Waals surface area contributed by atoms with Crippen LogP contribution in [0, 0.1) is 13.8 Å². The lowest BCUT2D eigenvalue weighted by Crippen LogP contribution is -2.29. The van der Waals surface area contributed by atoms with E-state index in [4.69, 9.17) is 23.2 Å². The van der Waals surface area contributed by atoms with E-state index >= 15 is 0 Å². The smallest absolute Gasteiger partial charge is 0.301 e. The normalized spacial score (nSPS) is 18.3. The lowest BCUT2D eigenvalue weighted by Gasteiger charge is -2.23. The number of rotatable bonds is 3. The Morgan fingerprint density at radius 3 is 2.53 bits per heavy atom. The highest BCUT2D eigenvalue weighted by molar-refractivity contribution is 7.14. The Bertz CT molecular complexity index is 1210. The molecular formula is C22H16Cl2N2O3S. The number of amides is 1. The van der Waals surface area contributed by atoms with Crippen molar-refractivity contribution in [1.82, 2.24) is 4.98 Å². The second-order valence-electron chi connectivity index (χ2n) is 6.98. The van der Waals surface area contributed by atoms with Gasteiger partial charge in [-0.25, -0.2) is 4.98 Å². The first-order chi connectivity index (χ1) is 14.3. The van der Waals surface area contributed by atoms with Crippen molar-refractivity contribution in [2.24, 2.45) is 0 Å². The number of aliphatic hydroxyl groups excluding tert-OH is 1. The minimum Gasteiger partial charge on any atom is -0.507 e. The topological polar surface area (TPSA) is 70.5 Å². The first-order valence-corrected chi connectivity index (χ1v) is 10.7. The molecule has 1 atom stereocenters. The number of hydrogen-bond acceptors (Lipinski definition) is 5. The van der Waals surface area contributed by atoms with Gasteiger partial charge in [0.1, 0.15) is 5.76 Å². The summed E-state index contributed by atoms with van der Waals surface area (Å²) < 4.78 is 0. The van der Waals surface area contributed by atoms with Gasteiger partial charge in [0.2, 0.25) is 0 Å². The summed E-state index contributed by atoms with van der Waals surface area (Å²) in [5.41, 5.74) is 2.74. The molecule has 0 spiro atoms. The summed E-state index contributed by atoms with van der Waals surface area (Å²) >= 11 is 13.5. The van der Waals surface area contributed by atoms with Crippen molar-refractivity contribution in [3.63, 3.8) is 0 Å². The third kappa shape index (κ3) is 3.41. The number of aromatic nitrogens is 1. The highest BCUT2D eigenvalue weighted by atomic mass is 35.5. The number of aryl methyl sites for hydroxylation is 2. The Hall–Kier alpha value is -2.67. The van der Waals surface area contributed by atoms with E-state index in [1.54, 1.807) is 35.8 Å². The predicted octanol–water partition coefficient (Wildman–Crippen LogP) is 5.69. The molecule has 0 radical (unpaired) electrons. The largest absolute Gasteiger partial charge is 0.507 e. The molecule has 0 bridgehead atoms. The monoisotopic (exact) mass is 458 g/mol. The van der Waals surface area contributed by atoms with Crippen molar-refractivity contribution in [2.75, 3.05) is 4.90 Å². The Morgan fingerprint density at radius 1 is 1.10 bits per heavy atom. The maximum Gasteiger partial charge on any atom is 0.301 e. The van der Waals surface area contributed by atoms with Gasteiger partial charge >= 0.3 is 5.91 Å². The molecule has 0 saturated carbocycles. The fourth-order valence-corrected chi connectivity index (χ4v) is 4.47. The molecule has 1 aliphatic rings. The number of carbonyl (C=O) groups is 2. The third-order valence-corrected chi connectivity index (χ3v) is 6.49. The van der Waals surface area contributed by atoms with Crippen molar-refractivity contribution in [3.8, 4) is 0 Å². The second kappa shape index (κ2) is 7.87. The molecule has 30 heavy (non-hydrogen) atoms. The van der Waals surface area contributed by atoms with E-state index in [0.29, 0.717) is 21.3 Å². The molecule has 5 nitrogen and oxygen atoms in total. The van der Waals surface area contributed by atoms with Crippen LogP contribution in [0.3, 0.4) is 0 Å². The van der Waals surface area contributed by atoms with Crippen molar-refractivity contribution in [1.29, 1.82) is 0 Å². The number of nitrogens with zero attached hydrogens (tertiary/aromatic N) is 2. The van der Waals surface area contributed by atoms with E-state index in [0.717, 1.165) is 11.1 Å². The van der Waals surface area contributed by atoms with Gasteiger partial charge in [0.15, 0.2) is 5.13 Å². The summed E-state index contributed by atoms with van der Waals surface area (Å²) in [7, 11) is 0. The molecule has 152 valence electrons. The third-order valence-electron chi connectivity index (χ3n) is 4.98. The molecule has 8 heteroatoms. The van der Waals surface area contributed by atoms with Crippen LogP contribution in [0.25, 0.3) is 5.76 Å². The van der Waals surface area contributed by atoms with E-state index in [1.165, 1.54) is 16.2 Å². The van der Waals surface area contributed by atoms with Crippen LogP contribution >= 0.6 is 34.5 Å². The molecule has 1 amide bonds. The number of carbonyl (C=O) groups excluding carboxylic acids is 2. The summed E-state index contributed by atoms with van der Waals surface area (Å²) in [4.78, 5) is 31.5. The molecule has 2 aromatic carbocycles. The molecule has 0 aliphatic carbocycles. The predicted molar refractivity (Wildman–Crippen MR) is 119 cm³/mol. The van der Waals surface area contributed by atoms with E-state index < -0.39 is 17.7 Å². The highest BCUT2D eigenvalue weighted by Gasteiger charge is 2.48. The zero-order valence-corrected chi connectivity index (χ0v) is 18.3. The molecule has 1 saturated heterocycles. The average Bonchev–Trinajstić information content (AvgIpc) is 3.32. The van der Waals surface area contributed by atoms with Crippen molar-refractivity contribution in [2.45, 2.75) is 19.9 Å². The first-order valence-electron chi connectivity index (χ1n) is 9.02. The number of aliphatic hydroxyl groups is 1.